The second-order valence-corrected chi connectivity index (χ2v) is 5.78. The minimum absolute atomic E-state index is 0.0246. The fourth-order valence-corrected chi connectivity index (χ4v) is 2.75. The zero-order chi connectivity index (χ0) is 15.7. The summed E-state index contributed by atoms with van der Waals surface area (Å²) in [6.45, 7) is 1.04. The van der Waals surface area contributed by atoms with Crippen LogP contribution in [-0.4, -0.2) is 64.2 Å². The van der Waals surface area contributed by atoms with Crippen molar-refractivity contribution in [2.45, 2.75) is 12.5 Å². The summed E-state index contributed by atoms with van der Waals surface area (Å²) in [4.78, 5) is 28.4. The van der Waals surface area contributed by atoms with Gasteiger partial charge in [-0.25, -0.2) is 9.97 Å². The highest BCUT2D eigenvalue weighted by molar-refractivity contribution is 5.85. The largest absolute Gasteiger partial charge is 0.391 e. The summed E-state index contributed by atoms with van der Waals surface area (Å²) in [7, 11) is 3.45. The Hall–Kier alpha value is -2.28. The predicted molar refractivity (Wildman–Crippen MR) is 82.4 cm³/mol. The molecule has 1 saturated heterocycles. The molecule has 3 heterocycles. The SMILES string of the molecule is CN(C)C(=O)C[C@@H]1CN(c2nccc3nccnc23)C[C@H]1O. The normalized spacial score (nSPS) is 21.3. The van der Waals surface area contributed by atoms with Crippen LogP contribution in [-0.2, 0) is 4.79 Å². The van der Waals surface area contributed by atoms with Crippen molar-refractivity contribution in [2.24, 2.45) is 5.92 Å². The van der Waals surface area contributed by atoms with Crippen LogP contribution < -0.4 is 4.90 Å². The summed E-state index contributed by atoms with van der Waals surface area (Å²) in [5, 5.41) is 10.2. The van der Waals surface area contributed by atoms with Gasteiger partial charge in [-0.3, -0.25) is 9.78 Å². The van der Waals surface area contributed by atoms with E-state index in [2.05, 4.69) is 15.0 Å². The third-order valence-corrected chi connectivity index (χ3v) is 4.01. The highest BCUT2D eigenvalue weighted by Crippen LogP contribution is 2.28. The molecule has 7 nitrogen and oxygen atoms in total. The highest BCUT2D eigenvalue weighted by atomic mass is 16.3. The van der Waals surface area contributed by atoms with Gasteiger partial charge in [-0.15, -0.1) is 0 Å². The van der Waals surface area contributed by atoms with E-state index in [1.807, 2.05) is 11.0 Å². The van der Waals surface area contributed by atoms with Crippen LogP contribution >= 0.6 is 0 Å². The smallest absolute Gasteiger partial charge is 0.222 e. The van der Waals surface area contributed by atoms with E-state index in [-0.39, 0.29) is 11.8 Å². The zero-order valence-electron chi connectivity index (χ0n) is 12.7. The van der Waals surface area contributed by atoms with E-state index in [0.717, 1.165) is 11.0 Å². The lowest BCUT2D eigenvalue weighted by molar-refractivity contribution is -0.130. The van der Waals surface area contributed by atoms with Crippen LogP contribution in [0, 0.1) is 5.92 Å². The summed E-state index contributed by atoms with van der Waals surface area (Å²) >= 11 is 0. The first-order valence-corrected chi connectivity index (χ1v) is 7.25. The van der Waals surface area contributed by atoms with E-state index in [1.54, 1.807) is 37.6 Å². The molecule has 3 rings (SSSR count). The Morgan fingerprint density at radius 3 is 2.82 bits per heavy atom. The van der Waals surface area contributed by atoms with E-state index in [1.165, 1.54) is 0 Å². The molecule has 0 radical (unpaired) electrons. The quantitative estimate of drug-likeness (QED) is 0.878. The van der Waals surface area contributed by atoms with Crippen molar-refractivity contribution in [3.63, 3.8) is 0 Å². The standard InChI is InChI=1S/C15H19N5O2/c1-19(2)13(22)7-10-8-20(9-12(10)21)15-14-11(3-4-18-15)16-5-6-17-14/h3-6,10,12,21H,7-9H2,1-2H3/t10-,12-/m1/s1. The van der Waals surface area contributed by atoms with E-state index < -0.39 is 6.10 Å². The number of aromatic nitrogens is 3. The maximum atomic E-state index is 11.9. The number of β-amino-alcohol motifs (C(OH)–C–C–N with tert-alkyl or cyclic N) is 1. The molecule has 0 aromatic carbocycles. The van der Waals surface area contributed by atoms with Crippen LogP contribution in [0.5, 0.6) is 0 Å². The molecule has 22 heavy (non-hydrogen) atoms. The maximum absolute atomic E-state index is 11.9. The fraction of sp³-hybridized carbons (Fsp3) is 0.467. The molecule has 2 aromatic heterocycles. The third-order valence-electron chi connectivity index (χ3n) is 4.01. The van der Waals surface area contributed by atoms with Gasteiger partial charge >= 0.3 is 0 Å². The van der Waals surface area contributed by atoms with Gasteiger partial charge in [0.2, 0.25) is 5.91 Å². The average molecular weight is 301 g/mol. The number of nitrogens with zero attached hydrogens (tertiary/aromatic N) is 5. The molecular weight excluding hydrogens is 282 g/mol. The van der Waals surface area contributed by atoms with Gasteiger partial charge in [0.25, 0.3) is 0 Å². The molecule has 7 heteroatoms. The van der Waals surface area contributed by atoms with Gasteiger partial charge in [0.1, 0.15) is 5.52 Å². The fourth-order valence-electron chi connectivity index (χ4n) is 2.75. The van der Waals surface area contributed by atoms with Crippen LogP contribution in [0.15, 0.2) is 24.7 Å². The molecule has 1 aliphatic rings. The Kier molecular flexibility index (Phi) is 3.89. The first-order chi connectivity index (χ1) is 10.6. The van der Waals surface area contributed by atoms with Gasteiger partial charge in [-0.1, -0.05) is 0 Å². The number of aliphatic hydroxyl groups excluding tert-OH is 1. The van der Waals surface area contributed by atoms with Crippen LogP contribution in [0.25, 0.3) is 11.0 Å². The predicted octanol–water partition coefficient (Wildman–Crippen LogP) is 0.300. The molecule has 0 spiro atoms. The maximum Gasteiger partial charge on any atom is 0.222 e. The molecule has 1 aliphatic heterocycles. The highest BCUT2D eigenvalue weighted by Gasteiger charge is 2.34. The van der Waals surface area contributed by atoms with Crippen LogP contribution in [0.4, 0.5) is 5.82 Å². The lowest BCUT2D eigenvalue weighted by Gasteiger charge is -2.18. The van der Waals surface area contributed by atoms with Gasteiger partial charge in [0.15, 0.2) is 5.82 Å². The van der Waals surface area contributed by atoms with Crippen molar-refractivity contribution in [1.29, 1.82) is 0 Å². The molecule has 0 bridgehead atoms. The summed E-state index contributed by atoms with van der Waals surface area (Å²) in [6, 6.07) is 1.81. The topological polar surface area (TPSA) is 82.5 Å². The van der Waals surface area contributed by atoms with Crippen molar-refractivity contribution < 1.29 is 9.90 Å². The zero-order valence-corrected chi connectivity index (χ0v) is 12.7. The number of carbonyl (C=O) groups is 1. The van der Waals surface area contributed by atoms with E-state index >= 15 is 0 Å². The Balaban J connectivity index is 1.83. The van der Waals surface area contributed by atoms with Gasteiger partial charge < -0.3 is 14.9 Å². The second kappa shape index (κ2) is 5.84. The average Bonchev–Trinajstić information content (AvgIpc) is 2.87. The van der Waals surface area contributed by atoms with E-state index in [0.29, 0.717) is 25.3 Å². The first-order valence-electron chi connectivity index (χ1n) is 7.25. The molecule has 2 aromatic rings. The summed E-state index contributed by atoms with van der Waals surface area (Å²) in [5.74, 6) is 0.643. The first kappa shape index (κ1) is 14.6. The van der Waals surface area contributed by atoms with Crippen molar-refractivity contribution in [3.8, 4) is 0 Å². The summed E-state index contributed by atoms with van der Waals surface area (Å²) < 4.78 is 0. The molecule has 1 amide bonds. The number of hydrogen-bond acceptors (Lipinski definition) is 6. The number of carbonyl (C=O) groups excluding carboxylic acids is 1. The van der Waals surface area contributed by atoms with Crippen LogP contribution in [0.3, 0.4) is 0 Å². The Morgan fingerprint density at radius 1 is 1.27 bits per heavy atom. The van der Waals surface area contributed by atoms with Crippen LogP contribution in [0.2, 0.25) is 0 Å². The van der Waals surface area contributed by atoms with Crippen molar-refractivity contribution in [1.82, 2.24) is 19.9 Å². The number of aliphatic hydroxyl groups is 1. The molecular formula is C15H19N5O2. The molecule has 0 saturated carbocycles. The Morgan fingerprint density at radius 2 is 2.05 bits per heavy atom. The number of hydrogen-bond donors (Lipinski definition) is 1. The minimum atomic E-state index is -0.544. The second-order valence-electron chi connectivity index (χ2n) is 5.78. The van der Waals surface area contributed by atoms with Crippen molar-refractivity contribution in [3.05, 3.63) is 24.7 Å². The summed E-state index contributed by atoms with van der Waals surface area (Å²) in [6.07, 6.45) is 4.76. The number of fused-ring (bicyclic) bond motifs is 1. The number of amides is 1. The lowest BCUT2D eigenvalue weighted by Crippen LogP contribution is -2.28. The number of anilines is 1. The number of pyridine rings is 1. The lowest BCUT2D eigenvalue weighted by atomic mass is 10.0. The number of rotatable bonds is 3. The minimum Gasteiger partial charge on any atom is -0.391 e. The Bertz CT molecular complexity index is 685. The third kappa shape index (κ3) is 2.71. The molecule has 0 aliphatic carbocycles. The molecule has 1 fully saturated rings. The summed E-state index contributed by atoms with van der Waals surface area (Å²) in [5.41, 5.74) is 1.49. The monoisotopic (exact) mass is 301 g/mol. The molecule has 0 unspecified atom stereocenters. The van der Waals surface area contributed by atoms with Crippen molar-refractivity contribution in [2.75, 3.05) is 32.1 Å². The van der Waals surface area contributed by atoms with Gasteiger partial charge in [0, 0.05) is 58.1 Å². The molecule has 116 valence electrons. The van der Waals surface area contributed by atoms with E-state index in [9.17, 15) is 9.90 Å². The Labute approximate surface area is 128 Å². The molecule has 2 atom stereocenters. The van der Waals surface area contributed by atoms with Gasteiger partial charge in [-0.05, 0) is 6.07 Å². The van der Waals surface area contributed by atoms with Crippen molar-refractivity contribution >= 4 is 22.8 Å². The van der Waals surface area contributed by atoms with Crippen LogP contribution in [0.1, 0.15) is 6.42 Å². The van der Waals surface area contributed by atoms with Gasteiger partial charge in [0.05, 0.1) is 11.6 Å². The van der Waals surface area contributed by atoms with E-state index in [4.69, 9.17) is 0 Å². The van der Waals surface area contributed by atoms with Gasteiger partial charge in [-0.2, -0.15) is 0 Å². The molecule has 1 N–H and O–H groups in total.